The van der Waals surface area contributed by atoms with E-state index in [0.29, 0.717) is 22.4 Å². The third-order valence-electron chi connectivity index (χ3n) is 4.20. The average molecular weight is 312 g/mol. The SMILES string of the molecule is CCSC1CCCC1Nc1nc(C2CC2)nc(Cl)c1C. The Morgan fingerprint density at radius 3 is 2.75 bits per heavy atom. The van der Waals surface area contributed by atoms with E-state index in [2.05, 4.69) is 29.0 Å². The second-order valence-corrected chi connectivity index (χ2v) is 7.67. The summed E-state index contributed by atoms with van der Waals surface area (Å²) in [6, 6.07) is 0.525. The van der Waals surface area contributed by atoms with Gasteiger partial charge in [-0.3, -0.25) is 0 Å². The van der Waals surface area contributed by atoms with Gasteiger partial charge in [-0.15, -0.1) is 0 Å². The van der Waals surface area contributed by atoms with Crippen LogP contribution in [0.5, 0.6) is 0 Å². The normalized spacial score (nSPS) is 25.9. The van der Waals surface area contributed by atoms with Crippen molar-refractivity contribution in [2.45, 2.75) is 63.2 Å². The fourth-order valence-corrected chi connectivity index (χ4v) is 4.22. The van der Waals surface area contributed by atoms with E-state index in [0.717, 1.165) is 17.2 Å². The monoisotopic (exact) mass is 311 g/mol. The second kappa shape index (κ2) is 6.10. The standard InChI is InChI=1S/C15H22ClN3S/c1-3-20-12-6-4-5-11(12)17-14-9(2)13(16)18-15(19-14)10-7-8-10/h10-12H,3-8H2,1-2H3,(H,17,18,19). The molecule has 1 aromatic heterocycles. The van der Waals surface area contributed by atoms with Gasteiger partial charge >= 0.3 is 0 Å². The maximum atomic E-state index is 6.28. The summed E-state index contributed by atoms with van der Waals surface area (Å²) >= 11 is 8.34. The van der Waals surface area contributed by atoms with E-state index in [1.807, 2.05) is 6.92 Å². The molecule has 0 bridgehead atoms. The minimum atomic E-state index is 0.525. The smallest absolute Gasteiger partial charge is 0.137 e. The molecule has 3 rings (SSSR count). The summed E-state index contributed by atoms with van der Waals surface area (Å²) in [4.78, 5) is 9.17. The lowest BCUT2D eigenvalue weighted by Crippen LogP contribution is -2.27. The highest BCUT2D eigenvalue weighted by atomic mass is 35.5. The van der Waals surface area contributed by atoms with E-state index in [1.165, 1.54) is 37.9 Å². The quantitative estimate of drug-likeness (QED) is 0.818. The molecule has 1 N–H and O–H groups in total. The van der Waals surface area contributed by atoms with E-state index in [1.54, 1.807) is 0 Å². The van der Waals surface area contributed by atoms with Gasteiger partial charge in [0.25, 0.3) is 0 Å². The summed E-state index contributed by atoms with van der Waals surface area (Å²) in [5, 5.41) is 4.97. The molecule has 2 saturated carbocycles. The Hall–Kier alpha value is -0.480. The van der Waals surface area contributed by atoms with Gasteiger partial charge in [-0.25, -0.2) is 9.97 Å². The van der Waals surface area contributed by atoms with Crippen LogP contribution in [0.15, 0.2) is 0 Å². The molecule has 2 aliphatic rings. The first-order valence-corrected chi connectivity index (χ1v) is 9.04. The molecule has 0 aromatic carbocycles. The van der Waals surface area contributed by atoms with E-state index in [-0.39, 0.29) is 0 Å². The van der Waals surface area contributed by atoms with Crippen molar-refractivity contribution in [1.29, 1.82) is 0 Å². The number of hydrogen-bond donors (Lipinski definition) is 1. The molecule has 1 heterocycles. The van der Waals surface area contributed by atoms with Crippen molar-refractivity contribution in [1.82, 2.24) is 9.97 Å². The molecule has 0 amide bonds. The van der Waals surface area contributed by atoms with E-state index >= 15 is 0 Å². The number of rotatable bonds is 5. The Morgan fingerprint density at radius 2 is 2.05 bits per heavy atom. The summed E-state index contributed by atoms with van der Waals surface area (Å²) in [5.41, 5.74) is 0.989. The molecular weight excluding hydrogens is 290 g/mol. The number of nitrogens with one attached hydrogen (secondary N) is 1. The van der Waals surface area contributed by atoms with E-state index < -0.39 is 0 Å². The number of hydrogen-bond acceptors (Lipinski definition) is 4. The predicted octanol–water partition coefficient (Wildman–Crippen LogP) is 4.40. The number of thioether (sulfide) groups is 1. The Balaban J connectivity index is 1.79. The average Bonchev–Trinajstić information content (AvgIpc) is 3.19. The first kappa shape index (κ1) is 14.5. The van der Waals surface area contributed by atoms with Crippen LogP contribution < -0.4 is 5.32 Å². The van der Waals surface area contributed by atoms with Crippen LogP contribution in [0.1, 0.15) is 56.3 Å². The molecule has 0 radical (unpaired) electrons. The fraction of sp³-hybridized carbons (Fsp3) is 0.733. The Bertz CT molecular complexity index is 490. The second-order valence-electron chi connectivity index (χ2n) is 5.80. The summed E-state index contributed by atoms with van der Waals surface area (Å²) in [5.74, 6) is 3.61. The Morgan fingerprint density at radius 1 is 1.25 bits per heavy atom. The zero-order valence-electron chi connectivity index (χ0n) is 12.2. The highest BCUT2D eigenvalue weighted by Crippen LogP contribution is 2.40. The maximum Gasteiger partial charge on any atom is 0.137 e. The summed E-state index contributed by atoms with van der Waals surface area (Å²) in [6.45, 7) is 4.25. The molecule has 0 aliphatic heterocycles. The fourth-order valence-electron chi connectivity index (χ4n) is 2.85. The first-order valence-electron chi connectivity index (χ1n) is 7.61. The minimum Gasteiger partial charge on any atom is -0.366 e. The van der Waals surface area contributed by atoms with Crippen LogP contribution in [0.25, 0.3) is 0 Å². The topological polar surface area (TPSA) is 37.8 Å². The number of aromatic nitrogens is 2. The molecule has 0 saturated heterocycles. The van der Waals surface area contributed by atoms with Gasteiger partial charge in [-0.2, -0.15) is 11.8 Å². The molecule has 2 unspecified atom stereocenters. The third-order valence-corrected chi connectivity index (χ3v) is 5.90. The molecular formula is C15H22ClN3S. The van der Waals surface area contributed by atoms with Gasteiger partial charge in [0.2, 0.25) is 0 Å². The highest BCUT2D eigenvalue weighted by molar-refractivity contribution is 7.99. The lowest BCUT2D eigenvalue weighted by atomic mass is 10.2. The van der Waals surface area contributed by atoms with Crippen LogP contribution in [-0.2, 0) is 0 Å². The third kappa shape index (κ3) is 3.06. The number of nitrogens with zero attached hydrogens (tertiary/aromatic N) is 2. The van der Waals surface area contributed by atoms with Crippen LogP contribution in [-0.4, -0.2) is 27.0 Å². The van der Waals surface area contributed by atoms with Gasteiger partial charge in [0.15, 0.2) is 0 Å². The van der Waals surface area contributed by atoms with Crippen molar-refractivity contribution in [2.24, 2.45) is 0 Å². The van der Waals surface area contributed by atoms with Crippen LogP contribution in [0.3, 0.4) is 0 Å². The van der Waals surface area contributed by atoms with Crippen LogP contribution in [0.4, 0.5) is 5.82 Å². The van der Waals surface area contributed by atoms with Crippen molar-refractivity contribution in [3.05, 3.63) is 16.5 Å². The minimum absolute atomic E-state index is 0.525. The number of anilines is 1. The van der Waals surface area contributed by atoms with Crippen LogP contribution in [0.2, 0.25) is 5.15 Å². The Kier molecular flexibility index (Phi) is 4.41. The van der Waals surface area contributed by atoms with Crippen LogP contribution in [0, 0.1) is 6.92 Å². The summed E-state index contributed by atoms with van der Waals surface area (Å²) in [6.07, 6.45) is 6.26. The molecule has 2 aliphatic carbocycles. The highest BCUT2D eigenvalue weighted by Gasteiger charge is 2.30. The lowest BCUT2D eigenvalue weighted by Gasteiger charge is -2.22. The maximum absolute atomic E-state index is 6.28. The van der Waals surface area contributed by atoms with Crippen molar-refractivity contribution < 1.29 is 0 Å². The number of halogens is 1. The van der Waals surface area contributed by atoms with Crippen molar-refractivity contribution in [3.63, 3.8) is 0 Å². The largest absolute Gasteiger partial charge is 0.366 e. The van der Waals surface area contributed by atoms with E-state index in [4.69, 9.17) is 16.6 Å². The molecule has 1 aromatic rings. The van der Waals surface area contributed by atoms with Crippen LogP contribution >= 0.6 is 23.4 Å². The van der Waals surface area contributed by atoms with Crippen molar-refractivity contribution in [2.75, 3.05) is 11.1 Å². The zero-order valence-corrected chi connectivity index (χ0v) is 13.7. The van der Waals surface area contributed by atoms with Crippen molar-refractivity contribution in [3.8, 4) is 0 Å². The zero-order chi connectivity index (χ0) is 14.1. The molecule has 2 fully saturated rings. The lowest BCUT2D eigenvalue weighted by molar-refractivity contribution is 0.756. The summed E-state index contributed by atoms with van der Waals surface area (Å²) < 4.78 is 0. The van der Waals surface area contributed by atoms with Gasteiger partial charge in [-0.05, 0) is 38.4 Å². The van der Waals surface area contributed by atoms with Gasteiger partial charge in [0.1, 0.15) is 16.8 Å². The van der Waals surface area contributed by atoms with E-state index in [9.17, 15) is 0 Å². The van der Waals surface area contributed by atoms with Gasteiger partial charge < -0.3 is 5.32 Å². The molecule has 0 spiro atoms. The first-order chi connectivity index (χ1) is 9.69. The molecule has 3 nitrogen and oxygen atoms in total. The molecule has 110 valence electrons. The van der Waals surface area contributed by atoms with Gasteiger partial charge in [0.05, 0.1) is 0 Å². The predicted molar refractivity (Wildman–Crippen MR) is 86.9 cm³/mol. The molecule has 20 heavy (non-hydrogen) atoms. The van der Waals surface area contributed by atoms with Gasteiger partial charge in [-0.1, -0.05) is 24.9 Å². The summed E-state index contributed by atoms with van der Waals surface area (Å²) in [7, 11) is 0. The van der Waals surface area contributed by atoms with Crippen molar-refractivity contribution >= 4 is 29.2 Å². The Labute approximate surface area is 130 Å². The molecule has 2 atom stereocenters. The molecule has 5 heteroatoms. The van der Waals surface area contributed by atoms with Gasteiger partial charge in [0, 0.05) is 22.8 Å².